The maximum Gasteiger partial charge on any atom is 0.0630 e. The van der Waals surface area contributed by atoms with Crippen molar-refractivity contribution < 1.29 is 4.21 Å². The van der Waals surface area contributed by atoms with Gasteiger partial charge in [-0.1, -0.05) is 23.7 Å². The molecule has 0 aliphatic heterocycles. The third kappa shape index (κ3) is 1.49. The molecule has 1 rings (SSSR count). The third-order valence-corrected chi connectivity index (χ3v) is 2.36. The number of halogens is 1. The van der Waals surface area contributed by atoms with Gasteiger partial charge in [0.05, 0.1) is 20.5 Å². The summed E-state index contributed by atoms with van der Waals surface area (Å²) in [6, 6.07) is 6.67. The average molecular weight is 176 g/mol. The Kier molecular flexibility index (Phi) is 2.29. The molecule has 0 aliphatic rings. The fourth-order valence-corrected chi connectivity index (χ4v) is 1.47. The van der Waals surface area contributed by atoms with Gasteiger partial charge in [-0.25, -0.2) is 4.21 Å². The molecule has 0 radical (unpaired) electrons. The van der Waals surface area contributed by atoms with Gasteiger partial charge in [-0.05, 0) is 12.1 Å². The Morgan fingerprint density at radius 1 is 1.40 bits per heavy atom. The van der Waals surface area contributed by atoms with E-state index in [-0.39, 0.29) is 0 Å². The minimum Gasteiger partial charge on any atom is -0.251 e. The second-order valence-corrected chi connectivity index (χ2v) is 3.22. The molecule has 4 heteroatoms. The molecule has 1 unspecified atom stereocenters. The summed E-state index contributed by atoms with van der Waals surface area (Å²) >= 11 is 5.62. The Morgan fingerprint density at radius 3 is 2.40 bits per heavy atom. The van der Waals surface area contributed by atoms with Gasteiger partial charge in [0, 0.05) is 0 Å². The highest BCUT2D eigenvalue weighted by molar-refractivity contribution is 7.73. The number of hydrogen-bond acceptors (Lipinski definition) is 2. The van der Waals surface area contributed by atoms with Crippen molar-refractivity contribution in [3.05, 3.63) is 29.3 Å². The smallest absolute Gasteiger partial charge is 0.0630 e. The minimum atomic E-state index is -2.05. The molecule has 0 fully saturated rings. The Balaban J connectivity index is 3.28. The van der Waals surface area contributed by atoms with Crippen molar-refractivity contribution in [2.24, 2.45) is 0 Å². The summed E-state index contributed by atoms with van der Waals surface area (Å²) in [6.45, 7) is 0. The lowest BCUT2D eigenvalue weighted by Crippen LogP contribution is -1.77. The lowest BCUT2D eigenvalue weighted by atomic mass is 10.4. The van der Waals surface area contributed by atoms with Crippen LogP contribution >= 0.6 is 11.6 Å². The number of nitrogens with one attached hydrogen (secondary N) is 1. The molecule has 10 heavy (non-hydrogen) atoms. The van der Waals surface area contributed by atoms with E-state index >= 15 is 0 Å². The van der Waals surface area contributed by atoms with Crippen LogP contribution in [0.4, 0.5) is 0 Å². The van der Waals surface area contributed by atoms with E-state index in [1.54, 1.807) is 24.3 Å². The number of thiol groups is 1. The van der Waals surface area contributed by atoms with E-state index in [0.29, 0.717) is 9.92 Å². The number of hydrogen-bond donors (Lipinski definition) is 2. The van der Waals surface area contributed by atoms with E-state index in [1.807, 2.05) is 0 Å². The second kappa shape index (κ2) is 3.03. The van der Waals surface area contributed by atoms with Crippen molar-refractivity contribution in [1.82, 2.24) is 0 Å². The highest BCUT2D eigenvalue weighted by atomic mass is 35.5. The summed E-state index contributed by atoms with van der Waals surface area (Å²) in [5.74, 6) is 0. The normalized spacial score (nSPS) is 12.9. The van der Waals surface area contributed by atoms with Gasteiger partial charge in [0.25, 0.3) is 0 Å². The molecule has 0 saturated carbocycles. The molecule has 0 saturated heterocycles. The van der Waals surface area contributed by atoms with Crippen molar-refractivity contribution in [1.29, 1.82) is 4.78 Å². The van der Waals surface area contributed by atoms with Gasteiger partial charge in [0.2, 0.25) is 0 Å². The van der Waals surface area contributed by atoms with Crippen LogP contribution in [-0.2, 0) is 10.6 Å². The first kappa shape index (κ1) is 7.57. The van der Waals surface area contributed by atoms with Crippen LogP contribution in [0.15, 0.2) is 29.2 Å². The van der Waals surface area contributed by atoms with Crippen molar-refractivity contribution in [2.75, 3.05) is 0 Å². The van der Waals surface area contributed by atoms with Gasteiger partial charge in [-0.3, -0.25) is 4.78 Å². The van der Waals surface area contributed by atoms with Gasteiger partial charge in [-0.15, -0.1) is 0 Å². The zero-order valence-electron chi connectivity index (χ0n) is 5.04. The summed E-state index contributed by atoms with van der Waals surface area (Å²) in [5.41, 5.74) is 0. The number of benzene rings is 1. The maximum absolute atomic E-state index is 10.6. The Bertz CT molecular complexity index is 300. The van der Waals surface area contributed by atoms with Gasteiger partial charge in [0.15, 0.2) is 0 Å². The van der Waals surface area contributed by atoms with Gasteiger partial charge in [0.1, 0.15) is 0 Å². The van der Waals surface area contributed by atoms with Crippen LogP contribution < -0.4 is 0 Å². The zero-order valence-corrected chi connectivity index (χ0v) is 6.69. The first-order valence-electron chi connectivity index (χ1n) is 2.65. The molecular formula is C6H6ClNOS. The molecule has 0 aliphatic carbocycles. The lowest BCUT2D eigenvalue weighted by Gasteiger charge is -1.92. The molecule has 54 valence electrons. The van der Waals surface area contributed by atoms with Crippen molar-refractivity contribution >= 4 is 22.2 Å². The van der Waals surface area contributed by atoms with Crippen LogP contribution in [0.5, 0.6) is 0 Å². The van der Waals surface area contributed by atoms with E-state index in [2.05, 4.69) is 0 Å². The van der Waals surface area contributed by atoms with E-state index < -0.39 is 10.6 Å². The van der Waals surface area contributed by atoms with Gasteiger partial charge in [-0.2, -0.15) is 0 Å². The summed E-state index contributed by atoms with van der Waals surface area (Å²) in [4.78, 5) is 0.402. The molecule has 0 spiro atoms. The molecule has 1 aromatic carbocycles. The number of rotatable bonds is 1. The van der Waals surface area contributed by atoms with Crippen LogP contribution in [0.25, 0.3) is 0 Å². The van der Waals surface area contributed by atoms with Gasteiger partial charge >= 0.3 is 0 Å². The molecular weight excluding hydrogens is 170 g/mol. The minimum absolute atomic E-state index is 0.401. The zero-order chi connectivity index (χ0) is 7.56. The molecule has 0 amide bonds. The Hall–Kier alpha value is -0.540. The summed E-state index contributed by atoms with van der Waals surface area (Å²) < 4.78 is 17.5. The molecule has 0 aromatic heterocycles. The first-order chi connectivity index (χ1) is 4.72. The van der Waals surface area contributed by atoms with Crippen molar-refractivity contribution in [3.63, 3.8) is 0 Å². The van der Waals surface area contributed by atoms with Crippen LogP contribution in [0.2, 0.25) is 5.02 Å². The molecule has 1 aromatic rings. The molecule has 1 N–H and O–H groups in total. The summed E-state index contributed by atoms with van der Waals surface area (Å²) in [7, 11) is -2.05. The van der Waals surface area contributed by atoms with E-state index in [9.17, 15) is 4.21 Å². The predicted molar refractivity (Wildman–Crippen MR) is 42.0 cm³/mol. The Morgan fingerprint density at radius 2 is 2.00 bits per heavy atom. The fourth-order valence-electron chi connectivity index (χ4n) is 0.616. The first-order valence-corrected chi connectivity index (χ1v) is 4.28. The summed E-state index contributed by atoms with van der Waals surface area (Å²) in [6.07, 6.45) is 0. The van der Waals surface area contributed by atoms with E-state index in [0.717, 1.165) is 0 Å². The summed E-state index contributed by atoms with van der Waals surface area (Å²) in [5, 5.41) is 0.401. The molecule has 2 nitrogen and oxygen atoms in total. The van der Waals surface area contributed by atoms with E-state index in [4.69, 9.17) is 16.4 Å². The second-order valence-electron chi connectivity index (χ2n) is 1.75. The molecule has 0 heterocycles. The van der Waals surface area contributed by atoms with Gasteiger partial charge < -0.3 is 0 Å². The van der Waals surface area contributed by atoms with Crippen LogP contribution in [0.3, 0.4) is 0 Å². The standard InChI is InChI=1S/C6H6ClNOS/c7-5-3-1-2-4-6(5)10(8)9/h1-4,8,10H. The topological polar surface area (TPSA) is 40.9 Å². The van der Waals surface area contributed by atoms with Crippen molar-refractivity contribution in [3.8, 4) is 0 Å². The highest BCUT2D eigenvalue weighted by Gasteiger charge is 1.95. The largest absolute Gasteiger partial charge is 0.251 e. The van der Waals surface area contributed by atoms with Crippen molar-refractivity contribution in [2.45, 2.75) is 4.90 Å². The third-order valence-electron chi connectivity index (χ3n) is 1.07. The maximum atomic E-state index is 10.6. The monoisotopic (exact) mass is 175 g/mol. The quantitative estimate of drug-likeness (QED) is 0.630. The fraction of sp³-hybridized carbons (Fsp3) is 0. The predicted octanol–water partition coefficient (Wildman–Crippen LogP) is 1.94. The lowest BCUT2D eigenvalue weighted by molar-refractivity contribution is 0.687. The molecule has 0 bridgehead atoms. The molecule has 1 atom stereocenters. The highest BCUT2D eigenvalue weighted by Crippen LogP contribution is 2.15. The SMILES string of the molecule is N=[SH](=O)c1ccccc1Cl. The van der Waals surface area contributed by atoms with Crippen LogP contribution in [0, 0.1) is 4.78 Å². The van der Waals surface area contributed by atoms with Crippen LogP contribution in [-0.4, -0.2) is 4.21 Å². The van der Waals surface area contributed by atoms with Crippen LogP contribution in [0.1, 0.15) is 0 Å². The average Bonchev–Trinajstić information content (AvgIpc) is 1.88. The van der Waals surface area contributed by atoms with E-state index in [1.165, 1.54) is 0 Å². The Labute approximate surface area is 65.8 Å².